The van der Waals surface area contributed by atoms with E-state index < -0.39 is 0 Å². The SMILES string of the molecule is CN(C)[C@@H]1CCN(C(=O)c2ccc(Nc3nccc(-c4ccc(Br)s4)n3)cc2)C1. The normalized spacial score (nSPS) is 16.4. The fourth-order valence-corrected chi connectivity index (χ4v) is 4.72. The first-order chi connectivity index (χ1) is 14.0. The van der Waals surface area contributed by atoms with Crippen LogP contribution in [0.3, 0.4) is 0 Å². The van der Waals surface area contributed by atoms with Crippen molar-refractivity contribution in [3.05, 3.63) is 58.0 Å². The predicted molar refractivity (Wildman–Crippen MR) is 121 cm³/mol. The van der Waals surface area contributed by atoms with Crippen molar-refractivity contribution in [2.75, 3.05) is 32.5 Å². The molecule has 1 atom stereocenters. The Morgan fingerprint density at radius 3 is 2.66 bits per heavy atom. The van der Waals surface area contributed by atoms with Crippen molar-refractivity contribution in [3.63, 3.8) is 0 Å². The molecular weight excluding hydrogens is 450 g/mol. The molecule has 3 heterocycles. The first-order valence-electron chi connectivity index (χ1n) is 9.41. The minimum atomic E-state index is 0.0856. The minimum Gasteiger partial charge on any atom is -0.337 e. The highest BCUT2D eigenvalue weighted by atomic mass is 79.9. The first-order valence-corrected chi connectivity index (χ1v) is 11.0. The van der Waals surface area contributed by atoms with Crippen molar-refractivity contribution in [1.29, 1.82) is 0 Å². The molecule has 8 heteroatoms. The quantitative estimate of drug-likeness (QED) is 0.593. The summed E-state index contributed by atoms with van der Waals surface area (Å²) in [5, 5.41) is 3.22. The third-order valence-electron chi connectivity index (χ3n) is 5.05. The van der Waals surface area contributed by atoms with E-state index in [1.165, 1.54) is 0 Å². The monoisotopic (exact) mass is 471 g/mol. The highest BCUT2D eigenvalue weighted by molar-refractivity contribution is 9.11. The molecule has 1 aliphatic rings. The molecule has 0 aliphatic carbocycles. The number of thiophene rings is 1. The van der Waals surface area contributed by atoms with Gasteiger partial charge in [0.2, 0.25) is 5.95 Å². The third-order valence-corrected chi connectivity index (χ3v) is 6.70. The smallest absolute Gasteiger partial charge is 0.253 e. The Bertz CT molecular complexity index is 1000. The van der Waals surface area contributed by atoms with Crippen LogP contribution in [0.2, 0.25) is 0 Å². The molecule has 4 rings (SSSR count). The predicted octanol–water partition coefficient (Wildman–Crippen LogP) is 4.49. The zero-order chi connectivity index (χ0) is 20.4. The van der Waals surface area contributed by atoms with Gasteiger partial charge >= 0.3 is 0 Å². The molecular formula is C21H22BrN5OS. The second-order valence-corrected chi connectivity index (χ2v) is 9.69. The number of aromatic nitrogens is 2. The van der Waals surface area contributed by atoms with E-state index in [1.807, 2.05) is 47.4 Å². The lowest BCUT2D eigenvalue weighted by molar-refractivity contribution is 0.0783. The third kappa shape index (κ3) is 4.66. The van der Waals surface area contributed by atoms with Gasteiger partial charge in [-0.2, -0.15) is 0 Å². The van der Waals surface area contributed by atoms with Gasteiger partial charge in [0.15, 0.2) is 0 Å². The van der Waals surface area contributed by atoms with Crippen molar-refractivity contribution in [2.45, 2.75) is 12.5 Å². The lowest BCUT2D eigenvalue weighted by Gasteiger charge is -2.20. The van der Waals surface area contributed by atoms with Gasteiger partial charge in [-0.1, -0.05) is 0 Å². The lowest BCUT2D eigenvalue weighted by atomic mass is 10.2. The summed E-state index contributed by atoms with van der Waals surface area (Å²) >= 11 is 5.11. The maximum absolute atomic E-state index is 12.7. The number of anilines is 2. The molecule has 29 heavy (non-hydrogen) atoms. The Labute approximate surface area is 182 Å². The van der Waals surface area contributed by atoms with Gasteiger partial charge in [-0.25, -0.2) is 9.97 Å². The van der Waals surface area contributed by atoms with Crippen LogP contribution in [0, 0.1) is 0 Å². The fraction of sp³-hybridized carbons (Fsp3) is 0.286. The molecule has 0 bridgehead atoms. The molecule has 6 nitrogen and oxygen atoms in total. The Morgan fingerprint density at radius 1 is 1.21 bits per heavy atom. The van der Waals surface area contributed by atoms with Gasteiger partial charge in [-0.15, -0.1) is 11.3 Å². The molecule has 0 unspecified atom stereocenters. The van der Waals surface area contributed by atoms with Crippen molar-refractivity contribution >= 4 is 44.8 Å². The highest BCUT2D eigenvalue weighted by Crippen LogP contribution is 2.30. The van der Waals surface area contributed by atoms with Crippen LogP contribution in [0.1, 0.15) is 16.8 Å². The summed E-state index contributed by atoms with van der Waals surface area (Å²) in [5.41, 5.74) is 2.42. The van der Waals surface area contributed by atoms with Crippen molar-refractivity contribution in [3.8, 4) is 10.6 Å². The van der Waals surface area contributed by atoms with Crippen LogP contribution in [0.25, 0.3) is 10.6 Å². The van der Waals surface area contributed by atoms with Gasteiger partial charge in [-0.05, 0) is 78.9 Å². The number of hydrogen-bond donors (Lipinski definition) is 1. The number of benzene rings is 1. The molecule has 1 amide bonds. The summed E-state index contributed by atoms with van der Waals surface area (Å²) in [4.78, 5) is 26.8. The molecule has 1 fully saturated rings. The summed E-state index contributed by atoms with van der Waals surface area (Å²) in [5.74, 6) is 0.613. The maximum Gasteiger partial charge on any atom is 0.253 e. The van der Waals surface area contributed by atoms with E-state index in [0.29, 0.717) is 17.6 Å². The molecule has 0 saturated carbocycles. The van der Waals surface area contributed by atoms with E-state index in [-0.39, 0.29) is 5.91 Å². The van der Waals surface area contributed by atoms with Gasteiger partial charge < -0.3 is 15.1 Å². The Balaban J connectivity index is 1.43. The van der Waals surface area contributed by atoms with Gasteiger partial charge in [0, 0.05) is 36.6 Å². The fourth-order valence-electron chi connectivity index (χ4n) is 3.36. The summed E-state index contributed by atoms with van der Waals surface area (Å²) in [6.45, 7) is 1.59. The molecule has 1 saturated heterocycles. The largest absolute Gasteiger partial charge is 0.337 e. The standard InChI is InChI=1S/C21H22BrN5OS/c1-26(2)16-10-12-27(13-16)20(28)14-3-5-15(6-4-14)24-21-23-11-9-17(25-21)18-7-8-19(22)29-18/h3-9,11,16H,10,12-13H2,1-2H3,(H,23,24,25)/t16-/m1/s1. The van der Waals surface area contributed by atoms with Gasteiger partial charge in [0.1, 0.15) is 0 Å². The number of carbonyl (C=O) groups excluding carboxylic acids is 1. The van der Waals surface area contributed by atoms with E-state index in [2.05, 4.69) is 50.2 Å². The molecule has 3 aromatic rings. The van der Waals surface area contributed by atoms with E-state index in [0.717, 1.165) is 39.6 Å². The van der Waals surface area contributed by atoms with Gasteiger partial charge in [-0.3, -0.25) is 4.79 Å². The van der Waals surface area contributed by atoms with Gasteiger partial charge in [0.25, 0.3) is 5.91 Å². The van der Waals surface area contributed by atoms with Crippen LogP contribution >= 0.6 is 27.3 Å². The number of rotatable bonds is 5. The minimum absolute atomic E-state index is 0.0856. The Morgan fingerprint density at radius 2 is 2.00 bits per heavy atom. The van der Waals surface area contributed by atoms with Gasteiger partial charge in [0.05, 0.1) is 14.4 Å². The maximum atomic E-state index is 12.7. The first kappa shape index (κ1) is 20.0. The zero-order valence-corrected chi connectivity index (χ0v) is 18.7. The second kappa shape index (κ2) is 8.61. The molecule has 1 aromatic carbocycles. The zero-order valence-electron chi connectivity index (χ0n) is 16.3. The number of carbonyl (C=O) groups is 1. The van der Waals surface area contributed by atoms with Crippen LogP contribution in [0.4, 0.5) is 11.6 Å². The number of likely N-dealkylation sites (tertiary alicyclic amines) is 1. The van der Waals surface area contributed by atoms with E-state index >= 15 is 0 Å². The number of halogens is 1. The second-order valence-electron chi connectivity index (χ2n) is 7.23. The Kier molecular flexibility index (Phi) is 5.94. The van der Waals surface area contributed by atoms with E-state index in [1.54, 1.807) is 17.5 Å². The van der Waals surface area contributed by atoms with Crippen LogP contribution in [-0.2, 0) is 0 Å². The van der Waals surface area contributed by atoms with E-state index in [4.69, 9.17) is 0 Å². The van der Waals surface area contributed by atoms with Crippen LogP contribution in [-0.4, -0.2) is 58.9 Å². The van der Waals surface area contributed by atoms with Crippen molar-refractivity contribution in [2.24, 2.45) is 0 Å². The average molecular weight is 472 g/mol. The summed E-state index contributed by atoms with van der Waals surface area (Å²) in [6.07, 6.45) is 2.76. The van der Waals surface area contributed by atoms with Crippen LogP contribution in [0.5, 0.6) is 0 Å². The number of amides is 1. The molecule has 1 N–H and O–H groups in total. The highest BCUT2D eigenvalue weighted by Gasteiger charge is 2.27. The summed E-state index contributed by atoms with van der Waals surface area (Å²) in [6, 6.07) is 13.9. The summed E-state index contributed by atoms with van der Waals surface area (Å²) in [7, 11) is 4.13. The summed E-state index contributed by atoms with van der Waals surface area (Å²) < 4.78 is 1.07. The number of nitrogens with one attached hydrogen (secondary N) is 1. The molecule has 0 radical (unpaired) electrons. The average Bonchev–Trinajstić information content (AvgIpc) is 3.38. The number of likely N-dealkylation sites (N-methyl/N-ethyl adjacent to an activating group) is 1. The van der Waals surface area contributed by atoms with Crippen LogP contribution in [0.15, 0.2) is 52.4 Å². The van der Waals surface area contributed by atoms with E-state index in [9.17, 15) is 4.79 Å². The van der Waals surface area contributed by atoms with Crippen LogP contribution < -0.4 is 5.32 Å². The number of hydrogen-bond acceptors (Lipinski definition) is 6. The number of nitrogens with zero attached hydrogens (tertiary/aromatic N) is 4. The molecule has 0 spiro atoms. The molecule has 1 aliphatic heterocycles. The van der Waals surface area contributed by atoms with Crippen molar-refractivity contribution < 1.29 is 4.79 Å². The lowest BCUT2D eigenvalue weighted by Crippen LogP contribution is -2.34. The molecule has 2 aromatic heterocycles. The topological polar surface area (TPSA) is 61.4 Å². The Hall–Kier alpha value is -2.29. The van der Waals surface area contributed by atoms with Crippen molar-refractivity contribution in [1.82, 2.24) is 19.8 Å². The molecule has 150 valence electrons.